The molecule has 3 rings (SSSR count). The number of carbonyl (C=O) groups excluding carboxylic acids is 1. The molecule has 0 aliphatic carbocycles. The van der Waals surface area contributed by atoms with Crippen molar-refractivity contribution in [2.24, 2.45) is 0 Å². The van der Waals surface area contributed by atoms with Gasteiger partial charge in [0.2, 0.25) is 0 Å². The van der Waals surface area contributed by atoms with Crippen LogP contribution in [0.15, 0.2) is 72.9 Å². The molecular weight excluding hydrogens is 368 g/mol. The average molecular weight is 388 g/mol. The van der Waals surface area contributed by atoms with E-state index in [1.807, 2.05) is 60.7 Å². The molecule has 8 heteroatoms. The first-order chi connectivity index (χ1) is 13.1. The fraction of sp³-hybridized carbons (Fsp3) is 0.211. The third-order valence-corrected chi connectivity index (χ3v) is 5.52. The molecule has 0 spiro atoms. The Hall–Kier alpha value is -2.68. The minimum absolute atomic E-state index is 0.198. The molecule has 1 aliphatic rings. The van der Waals surface area contributed by atoms with Crippen LogP contribution in [0.5, 0.6) is 0 Å². The van der Waals surface area contributed by atoms with Gasteiger partial charge in [-0.15, -0.1) is 0 Å². The molecule has 0 saturated carbocycles. The molecule has 1 heterocycles. The Balaban J connectivity index is 1.57. The summed E-state index contributed by atoms with van der Waals surface area (Å²) < 4.78 is 37.8. The van der Waals surface area contributed by atoms with Crippen molar-refractivity contribution in [3.8, 4) is 0 Å². The maximum absolute atomic E-state index is 12.6. The van der Waals surface area contributed by atoms with Crippen molar-refractivity contribution in [3.05, 3.63) is 84.1 Å². The first-order valence-electron chi connectivity index (χ1n) is 8.32. The second-order valence-corrected chi connectivity index (χ2v) is 7.63. The zero-order chi connectivity index (χ0) is 19.1. The van der Waals surface area contributed by atoms with Gasteiger partial charge in [0.15, 0.2) is 0 Å². The van der Waals surface area contributed by atoms with E-state index in [9.17, 15) is 13.2 Å². The van der Waals surface area contributed by atoms with Crippen molar-refractivity contribution in [3.63, 3.8) is 0 Å². The third-order valence-electron chi connectivity index (χ3n) is 3.85. The van der Waals surface area contributed by atoms with Crippen LogP contribution in [0.1, 0.15) is 11.1 Å². The van der Waals surface area contributed by atoms with Crippen molar-refractivity contribution < 1.29 is 22.7 Å². The van der Waals surface area contributed by atoms with E-state index in [1.165, 1.54) is 12.3 Å². The highest BCUT2D eigenvalue weighted by Gasteiger charge is 2.34. The molecule has 142 valence electrons. The average Bonchev–Trinajstić information content (AvgIpc) is 2.68. The standard InChI is InChI=1S/C19H20N2O5S/c22-19-11-12-20(15-25-13-17-7-3-1-4-8-17)27(23,24)21(19)16-26-14-18-9-5-2-6-10-18/h1-12H,13-16H2. The van der Waals surface area contributed by atoms with Crippen LogP contribution in [0.2, 0.25) is 0 Å². The highest BCUT2D eigenvalue weighted by atomic mass is 32.2. The van der Waals surface area contributed by atoms with Gasteiger partial charge in [-0.3, -0.25) is 4.79 Å². The van der Waals surface area contributed by atoms with Crippen LogP contribution in [-0.2, 0) is 37.7 Å². The second-order valence-electron chi connectivity index (χ2n) is 5.82. The molecule has 0 atom stereocenters. The number of hydrogen-bond donors (Lipinski definition) is 0. The predicted octanol–water partition coefficient (Wildman–Crippen LogP) is 2.24. The number of rotatable bonds is 8. The quantitative estimate of drug-likeness (QED) is 0.693. The molecule has 0 unspecified atom stereocenters. The van der Waals surface area contributed by atoms with Gasteiger partial charge in [0.1, 0.15) is 13.5 Å². The van der Waals surface area contributed by atoms with Gasteiger partial charge in [-0.2, -0.15) is 12.7 Å². The molecule has 0 N–H and O–H groups in total. The Bertz CT molecular complexity index is 885. The number of benzene rings is 2. The lowest BCUT2D eigenvalue weighted by Gasteiger charge is -2.31. The normalized spacial score (nSPS) is 15.9. The first kappa shape index (κ1) is 19.1. The monoisotopic (exact) mass is 388 g/mol. The van der Waals surface area contributed by atoms with Crippen LogP contribution in [-0.4, -0.2) is 36.4 Å². The molecule has 0 aromatic heterocycles. The topological polar surface area (TPSA) is 76.2 Å². The van der Waals surface area contributed by atoms with E-state index in [0.29, 0.717) is 4.31 Å². The van der Waals surface area contributed by atoms with Gasteiger partial charge in [-0.1, -0.05) is 60.7 Å². The van der Waals surface area contributed by atoms with E-state index in [4.69, 9.17) is 9.47 Å². The minimum atomic E-state index is -4.04. The summed E-state index contributed by atoms with van der Waals surface area (Å²) in [4.78, 5) is 12.0. The van der Waals surface area contributed by atoms with E-state index in [2.05, 4.69) is 0 Å². The highest BCUT2D eigenvalue weighted by Crippen LogP contribution is 2.16. The molecule has 0 fully saturated rings. The molecule has 2 aromatic rings. The number of ether oxygens (including phenoxy) is 2. The number of carbonyl (C=O) groups is 1. The Kier molecular flexibility index (Phi) is 6.23. The third kappa shape index (κ3) is 4.94. The van der Waals surface area contributed by atoms with Crippen LogP contribution >= 0.6 is 0 Å². The van der Waals surface area contributed by atoms with E-state index in [-0.39, 0.29) is 26.7 Å². The summed E-state index contributed by atoms with van der Waals surface area (Å²) in [5.74, 6) is -0.651. The summed E-state index contributed by atoms with van der Waals surface area (Å²) in [5, 5.41) is 0. The molecule has 0 radical (unpaired) electrons. The van der Waals surface area contributed by atoms with Gasteiger partial charge in [0, 0.05) is 12.3 Å². The number of amides is 1. The lowest BCUT2D eigenvalue weighted by atomic mass is 10.2. The zero-order valence-corrected chi connectivity index (χ0v) is 15.4. The molecule has 0 bridgehead atoms. The Morgan fingerprint density at radius 1 is 0.778 bits per heavy atom. The fourth-order valence-electron chi connectivity index (χ4n) is 2.44. The second kappa shape index (κ2) is 8.81. The van der Waals surface area contributed by atoms with Crippen molar-refractivity contribution in [1.29, 1.82) is 0 Å². The molecular formula is C19H20N2O5S. The van der Waals surface area contributed by atoms with E-state index in [0.717, 1.165) is 15.4 Å². The van der Waals surface area contributed by atoms with Crippen LogP contribution < -0.4 is 0 Å². The maximum Gasteiger partial charge on any atom is 0.332 e. The van der Waals surface area contributed by atoms with Crippen LogP contribution in [0.3, 0.4) is 0 Å². The van der Waals surface area contributed by atoms with Gasteiger partial charge in [0.25, 0.3) is 5.91 Å². The van der Waals surface area contributed by atoms with Crippen molar-refractivity contribution in [2.75, 3.05) is 13.5 Å². The lowest BCUT2D eigenvalue weighted by molar-refractivity contribution is -0.126. The van der Waals surface area contributed by atoms with Crippen LogP contribution in [0.4, 0.5) is 0 Å². The molecule has 27 heavy (non-hydrogen) atoms. The van der Waals surface area contributed by atoms with Gasteiger partial charge in [-0.05, 0) is 11.1 Å². The number of hydrogen-bond acceptors (Lipinski definition) is 5. The van der Waals surface area contributed by atoms with Gasteiger partial charge in [-0.25, -0.2) is 4.31 Å². The fourth-order valence-corrected chi connectivity index (χ4v) is 3.61. The molecule has 0 saturated heterocycles. The molecule has 1 amide bonds. The summed E-state index contributed by atoms with van der Waals surface area (Å²) >= 11 is 0. The summed E-state index contributed by atoms with van der Waals surface area (Å²) in [7, 11) is -4.04. The zero-order valence-electron chi connectivity index (χ0n) is 14.6. The minimum Gasteiger partial charge on any atom is -0.355 e. The summed E-state index contributed by atoms with van der Waals surface area (Å²) in [5.41, 5.74) is 1.81. The van der Waals surface area contributed by atoms with E-state index < -0.39 is 16.1 Å². The van der Waals surface area contributed by atoms with Gasteiger partial charge < -0.3 is 9.47 Å². The van der Waals surface area contributed by atoms with Crippen molar-refractivity contribution >= 4 is 16.1 Å². The Morgan fingerprint density at radius 2 is 1.30 bits per heavy atom. The van der Waals surface area contributed by atoms with Gasteiger partial charge >= 0.3 is 10.2 Å². The Labute approximate surface area is 158 Å². The maximum atomic E-state index is 12.6. The van der Waals surface area contributed by atoms with Crippen molar-refractivity contribution in [2.45, 2.75) is 13.2 Å². The molecule has 7 nitrogen and oxygen atoms in total. The number of nitrogens with zero attached hydrogens (tertiary/aromatic N) is 2. The van der Waals surface area contributed by atoms with E-state index >= 15 is 0 Å². The largest absolute Gasteiger partial charge is 0.355 e. The SMILES string of the molecule is O=C1C=CN(COCc2ccccc2)S(=O)(=O)N1COCc1ccccc1. The summed E-state index contributed by atoms with van der Waals surface area (Å²) in [6.45, 7) is -0.0979. The molecule has 1 aliphatic heterocycles. The smallest absolute Gasteiger partial charge is 0.332 e. The van der Waals surface area contributed by atoms with Gasteiger partial charge in [0.05, 0.1) is 13.2 Å². The van der Waals surface area contributed by atoms with Crippen LogP contribution in [0, 0.1) is 0 Å². The summed E-state index contributed by atoms with van der Waals surface area (Å²) in [6, 6.07) is 18.7. The first-order valence-corrected chi connectivity index (χ1v) is 9.72. The van der Waals surface area contributed by atoms with E-state index in [1.54, 1.807) is 0 Å². The summed E-state index contributed by atoms with van der Waals surface area (Å²) in [6.07, 6.45) is 2.38. The van der Waals surface area contributed by atoms with Crippen molar-refractivity contribution in [1.82, 2.24) is 8.61 Å². The lowest BCUT2D eigenvalue weighted by Crippen LogP contribution is -2.48. The predicted molar refractivity (Wildman–Crippen MR) is 98.9 cm³/mol. The molecule has 2 aromatic carbocycles. The van der Waals surface area contributed by atoms with Crippen LogP contribution in [0.25, 0.3) is 0 Å². The Morgan fingerprint density at radius 3 is 1.85 bits per heavy atom. The highest BCUT2D eigenvalue weighted by molar-refractivity contribution is 7.87.